The van der Waals surface area contributed by atoms with E-state index in [0.29, 0.717) is 30.7 Å². The molecule has 0 spiro atoms. The van der Waals surface area contributed by atoms with Crippen molar-refractivity contribution in [3.8, 4) is 5.75 Å². The van der Waals surface area contributed by atoms with E-state index in [-0.39, 0.29) is 37.5 Å². The van der Waals surface area contributed by atoms with Crippen molar-refractivity contribution in [2.45, 2.75) is 90.0 Å². The van der Waals surface area contributed by atoms with Crippen LogP contribution in [0.2, 0.25) is 0 Å². The number of unbranched alkanes of at least 4 members (excludes halogenated alkanes) is 1. The van der Waals surface area contributed by atoms with E-state index in [1.54, 1.807) is 39.8 Å². The molecule has 0 saturated carbocycles. The minimum atomic E-state index is -1.21. The maximum atomic E-state index is 13.8. The zero-order valence-electron chi connectivity index (χ0n) is 28.4. The van der Waals surface area contributed by atoms with Crippen LogP contribution in [0.3, 0.4) is 0 Å². The molecule has 0 saturated heterocycles. The number of rotatable bonds is 22. The predicted molar refractivity (Wildman–Crippen MR) is 184 cm³/mol. The third kappa shape index (κ3) is 14.9. The van der Waals surface area contributed by atoms with Crippen molar-refractivity contribution >= 4 is 47.3 Å². The lowest BCUT2D eigenvalue weighted by molar-refractivity contribution is -0.142. The molecule has 0 heterocycles. The lowest BCUT2D eigenvalue weighted by Crippen LogP contribution is -2.60. The number of phenolic OH excluding ortho intramolecular Hbond substituents is 1. The fraction of sp³-hybridized carbons (Fsp3) is 0.625. The molecule has 1 rings (SSSR count). The highest BCUT2D eigenvalue weighted by molar-refractivity contribution is 7.98. The number of hydrogen-bond acceptors (Lipinski definition) is 10. The first-order valence-electron chi connectivity index (χ1n) is 16.1. The van der Waals surface area contributed by atoms with E-state index in [9.17, 15) is 39.0 Å². The second-order valence-electron chi connectivity index (χ2n) is 12.2. The maximum absolute atomic E-state index is 13.8. The molecule has 270 valence electrons. The first kappa shape index (κ1) is 42.1. The number of aromatic hydroxyl groups is 1. The van der Waals surface area contributed by atoms with Crippen LogP contribution in [0, 0.1) is 11.8 Å². The van der Waals surface area contributed by atoms with Gasteiger partial charge in [0.1, 0.15) is 36.0 Å². The zero-order valence-corrected chi connectivity index (χ0v) is 29.2. The van der Waals surface area contributed by atoms with Gasteiger partial charge in [-0.15, -0.1) is 0 Å². The predicted octanol–water partition coefficient (Wildman–Crippen LogP) is -0.404. The van der Waals surface area contributed by atoms with Crippen LogP contribution in [0.5, 0.6) is 5.75 Å². The molecule has 0 aromatic heterocycles. The first-order valence-corrected chi connectivity index (χ1v) is 17.4. The number of benzene rings is 1. The Labute approximate surface area is 286 Å². The van der Waals surface area contributed by atoms with E-state index in [2.05, 4.69) is 26.6 Å². The van der Waals surface area contributed by atoms with Crippen LogP contribution in [0.25, 0.3) is 0 Å². The Bertz CT molecular complexity index is 1220. The Morgan fingerprint density at radius 2 is 1.23 bits per heavy atom. The van der Waals surface area contributed by atoms with E-state index in [1.807, 2.05) is 6.26 Å². The quantitative estimate of drug-likeness (QED) is 0.0705. The van der Waals surface area contributed by atoms with Crippen molar-refractivity contribution < 1.29 is 39.0 Å². The van der Waals surface area contributed by atoms with Crippen molar-refractivity contribution in [2.24, 2.45) is 23.3 Å². The molecule has 0 aliphatic heterocycles. The molecule has 16 heteroatoms. The summed E-state index contributed by atoms with van der Waals surface area (Å²) < 4.78 is 0. The van der Waals surface area contributed by atoms with Gasteiger partial charge in [0.2, 0.25) is 29.5 Å². The summed E-state index contributed by atoms with van der Waals surface area (Å²) in [5.74, 6) is -4.73. The van der Waals surface area contributed by atoms with Crippen LogP contribution in [0.1, 0.15) is 58.9 Å². The van der Waals surface area contributed by atoms with Crippen molar-refractivity contribution in [1.82, 2.24) is 26.6 Å². The van der Waals surface area contributed by atoms with Crippen molar-refractivity contribution in [2.75, 3.05) is 25.1 Å². The molecule has 0 unspecified atom stereocenters. The van der Waals surface area contributed by atoms with Crippen LogP contribution in [-0.4, -0.2) is 101 Å². The molecule has 1 aromatic rings. The zero-order chi connectivity index (χ0) is 36.4. The summed E-state index contributed by atoms with van der Waals surface area (Å²) in [7, 11) is 0. The van der Waals surface area contributed by atoms with Gasteiger partial charge in [-0.25, -0.2) is 4.79 Å². The maximum Gasteiger partial charge on any atom is 0.326 e. The van der Waals surface area contributed by atoms with E-state index in [4.69, 9.17) is 11.5 Å². The van der Waals surface area contributed by atoms with Crippen LogP contribution in [-0.2, 0) is 35.2 Å². The standard InChI is InChI=1S/C32H53N7O8S/c1-18(2)26(38-25(41)17-34)30(44)37-24(16-20-9-11-21(40)12-10-20)29(43)39-27(19(3)4)31(45)35-22(8-6-7-14-33)28(42)36-23(32(46)47)13-15-48-5/h9-12,18-19,22-24,26-27,40H,6-8,13-17,33-34H2,1-5H3,(H,35,45)(H,36,42)(H,37,44)(H,38,41)(H,39,43)(H,46,47)/t22-,23-,24-,26-,27-/m0/s1. The summed E-state index contributed by atoms with van der Waals surface area (Å²) in [4.78, 5) is 77.7. The van der Waals surface area contributed by atoms with Gasteiger partial charge in [0.15, 0.2) is 0 Å². The highest BCUT2D eigenvalue weighted by Gasteiger charge is 2.34. The van der Waals surface area contributed by atoms with Crippen molar-refractivity contribution in [3.63, 3.8) is 0 Å². The number of thioether (sulfide) groups is 1. The van der Waals surface area contributed by atoms with Crippen molar-refractivity contribution in [3.05, 3.63) is 29.8 Å². The van der Waals surface area contributed by atoms with Gasteiger partial charge in [-0.3, -0.25) is 24.0 Å². The van der Waals surface area contributed by atoms with Crippen LogP contribution in [0.15, 0.2) is 24.3 Å². The third-order valence-corrected chi connectivity index (χ3v) is 8.16. The first-order chi connectivity index (χ1) is 22.6. The Morgan fingerprint density at radius 3 is 1.73 bits per heavy atom. The van der Waals surface area contributed by atoms with Gasteiger partial charge in [0, 0.05) is 6.42 Å². The van der Waals surface area contributed by atoms with E-state index >= 15 is 0 Å². The largest absolute Gasteiger partial charge is 0.508 e. The molecule has 0 aliphatic carbocycles. The lowest BCUT2D eigenvalue weighted by atomic mass is 9.98. The number of phenols is 1. The Morgan fingerprint density at radius 1 is 0.708 bits per heavy atom. The molecule has 1 aromatic carbocycles. The molecule has 15 nitrogen and oxygen atoms in total. The molecule has 5 amide bonds. The summed E-state index contributed by atoms with van der Waals surface area (Å²) in [6, 6.07) is 0.434. The number of carbonyl (C=O) groups is 6. The number of carbonyl (C=O) groups excluding carboxylic acids is 5. The average Bonchev–Trinajstić information content (AvgIpc) is 3.03. The number of hydrogen-bond donors (Lipinski definition) is 9. The topological polar surface area (TPSA) is 255 Å². The van der Waals surface area contributed by atoms with Gasteiger partial charge in [0.25, 0.3) is 0 Å². The number of aliphatic carboxylic acids is 1. The molecule has 11 N–H and O–H groups in total. The summed E-state index contributed by atoms with van der Waals surface area (Å²) in [6.45, 7) is 6.86. The molecule has 0 bridgehead atoms. The number of carboxylic acids is 1. The van der Waals surface area contributed by atoms with Gasteiger partial charge >= 0.3 is 5.97 Å². The summed E-state index contributed by atoms with van der Waals surface area (Å²) in [6.07, 6.45) is 3.23. The highest BCUT2D eigenvalue weighted by Crippen LogP contribution is 2.14. The second kappa shape index (κ2) is 21.9. The summed E-state index contributed by atoms with van der Waals surface area (Å²) in [5, 5.41) is 32.4. The second-order valence-corrected chi connectivity index (χ2v) is 13.2. The fourth-order valence-electron chi connectivity index (χ4n) is 4.68. The number of nitrogens with two attached hydrogens (primary N) is 2. The number of nitrogens with one attached hydrogen (secondary N) is 5. The molecule has 48 heavy (non-hydrogen) atoms. The van der Waals surface area contributed by atoms with Crippen LogP contribution < -0.4 is 38.1 Å². The van der Waals surface area contributed by atoms with Gasteiger partial charge in [-0.1, -0.05) is 39.8 Å². The van der Waals surface area contributed by atoms with Crippen LogP contribution in [0.4, 0.5) is 0 Å². The van der Waals surface area contributed by atoms with Crippen molar-refractivity contribution in [1.29, 1.82) is 0 Å². The summed E-state index contributed by atoms with van der Waals surface area (Å²) >= 11 is 1.44. The third-order valence-electron chi connectivity index (χ3n) is 7.51. The summed E-state index contributed by atoms with van der Waals surface area (Å²) in [5.41, 5.74) is 11.6. The van der Waals surface area contributed by atoms with E-state index in [1.165, 1.54) is 23.9 Å². The molecule has 0 radical (unpaired) electrons. The molecule has 0 fully saturated rings. The molecular formula is C32H53N7O8S. The Balaban J connectivity index is 3.29. The number of carboxylic acid groups (broad SMARTS) is 1. The number of amides is 5. The normalized spacial score (nSPS) is 14.3. The fourth-order valence-corrected chi connectivity index (χ4v) is 5.15. The van der Waals surface area contributed by atoms with Crippen LogP contribution >= 0.6 is 11.8 Å². The van der Waals surface area contributed by atoms with Gasteiger partial charge in [-0.2, -0.15) is 11.8 Å². The van der Waals surface area contributed by atoms with E-state index < -0.39 is 71.6 Å². The SMILES string of the molecule is CSCC[C@H](NC(=O)[C@H](CCCCN)NC(=O)[C@@H](NC(=O)[C@H](Cc1ccc(O)cc1)NC(=O)[C@@H](NC(=O)CN)C(C)C)C(C)C)C(=O)O. The molecule has 5 atom stereocenters. The highest BCUT2D eigenvalue weighted by atomic mass is 32.2. The molecule has 0 aliphatic rings. The van der Waals surface area contributed by atoms with Gasteiger partial charge in [-0.05, 0) is 73.8 Å². The Kier molecular flexibility index (Phi) is 19.2. The lowest BCUT2D eigenvalue weighted by Gasteiger charge is -2.29. The Hall–Kier alpha value is -3.89. The smallest absolute Gasteiger partial charge is 0.326 e. The van der Waals surface area contributed by atoms with Gasteiger partial charge < -0.3 is 48.3 Å². The minimum absolute atomic E-state index is 0.00804. The van der Waals surface area contributed by atoms with E-state index in [0.717, 1.165) is 0 Å². The monoisotopic (exact) mass is 695 g/mol. The molecular weight excluding hydrogens is 642 g/mol. The van der Waals surface area contributed by atoms with Gasteiger partial charge in [0.05, 0.1) is 6.54 Å². The average molecular weight is 696 g/mol. The minimum Gasteiger partial charge on any atom is -0.508 e.